The number of piperazine rings is 1. The molecule has 0 N–H and O–H groups in total. The third-order valence-corrected chi connectivity index (χ3v) is 4.13. The summed E-state index contributed by atoms with van der Waals surface area (Å²) in [5, 5.41) is 21.8. The summed E-state index contributed by atoms with van der Waals surface area (Å²) in [6, 6.07) is 14.8. The number of halogens is 2. The van der Waals surface area contributed by atoms with Gasteiger partial charge in [-0.05, 0) is 24.3 Å². The normalized spacial score (nSPS) is 15.6. The Morgan fingerprint density at radius 2 is 1.00 bits per heavy atom. The molecule has 0 saturated carbocycles. The lowest BCUT2D eigenvalue weighted by molar-refractivity contribution is 0.126. The van der Waals surface area contributed by atoms with E-state index in [9.17, 15) is 0 Å². The Labute approximate surface area is 150 Å². The molecule has 0 aliphatic carbocycles. The summed E-state index contributed by atoms with van der Waals surface area (Å²) in [6.45, 7) is 2.87. The Kier molecular flexibility index (Phi) is 5.61. The molecular formula is C16H16Cl2N6. The Hall–Kier alpha value is -2.18. The molecule has 3 rings (SSSR count). The minimum Gasteiger partial charge on any atom is -0.275 e. The predicted octanol–water partition coefficient (Wildman–Crippen LogP) is 5.31. The maximum atomic E-state index is 6.06. The first-order valence-electron chi connectivity index (χ1n) is 7.54. The molecule has 2 aromatic rings. The van der Waals surface area contributed by atoms with Crippen molar-refractivity contribution in [3.05, 3.63) is 58.6 Å². The second-order valence-electron chi connectivity index (χ2n) is 5.19. The number of hydrogen-bond donors (Lipinski definition) is 0. The van der Waals surface area contributed by atoms with Gasteiger partial charge in [0.05, 0.1) is 36.2 Å². The molecule has 0 spiro atoms. The van der Waals surface area contributed by atoms with Crippen LogP contribution in [0.3, 0.4) is 0 Å². The minimum atomic E-state index is 0.591. The van der Waals surface area contributed by atoms with Crippen molar-refractivity contribution in [3.8, 4) is 0 Å². The maximum absolute atomic E-state index is 6.06. The monoisotopic (exact) mass is 362 g/mol. The summed E-state index contributed by atoms with van der Waals surface area (Å²) in [4.78, 5) is 0. The standard InChI is InChI=1S/C16H16Cl2N6/c17-13-5-1-3-7-15(13)19-21-23-9-11-24(12-10-23)22-20-16-8-4-2-6-14(16)18/h1-8H,9-12H2. The van der Waals surface area contributed by atoms with E-state index in [-0.39, 0.29) is 0 Å². The first kappa shape index (κ1) is 16.7. The SMILES string of the molecule is Clc1ccccc1N=NN1CCN(N=Nc2ccccc2Cl)CC1. The third-order valence-electron chi connectivity index (χ3n) is 3.50. The largest absolute Gasteiger partial charge is 0.275 e. The van der Waals surface area contributed by atoms with Crippen molar-refractivity contribution in [2.75, 3.05) is 26.2 Å². The van der Waals surface area contributed by atoms with E-state index in [1.807, 2.05) is 46.4 Å². The molecule has 0 unspecified atom stereocenters. The summed E-state index contributed by atoms with van der Waals surface area (Å²) in [5.74, 6) is 0. The fraction of sp³-hybridized carbons (Fsp3) is 0.250. The number of rotatable bonds is 4. The molecule has 24 heavy (non-hydrogen) atoms. The van der Waals surface area contributed by atoms with Crippen molar-refractivity contribution in [1.82, 2.24) is 10.0 Å². The van der Waals surface area contributed by atoms with Gasteiger partial charge in [-0.15, -0.1) is 10.2 Å². The van der Waals surface area contributed by atoms with E-state index in [1.54, 1.807) is 12.1 Å². The van der Waals surface area contributed by atoms with Crippen LogP contribution in [-0.2, 0) is 0 Å². The highest BCUT2D eigenvalue weighted by atomic mass is 35.5. The fourth-order valence-electron chi connectivity index (χ4n) is 2.15. The summed E-state index contributed by atoms with van der Waals surface area (Å²) in [6.07, 6.45) is 0. The van der Waals surface area contributed by atoms with Gasteiger partial charge in [-0.1, -0.05) is 57.9 Å². The van der Waals surface area contributed by atoms with E-state index >= 15 is 0 Å². The molecule has 2 aromatic carbocycles. The molecule has 6 nitrogen and oxygen atoms in total. The van der Waals surface area contributed by atoms with Crippen LogP contribution in [-0.4, -0.2) is 36.2 Å². The molecule has 0 aromatic heterocycles. The molecule has 1 aliphatic heterocycles. The van der Waals surface area contributed by atoms with Gasteiger partial charge in [0.25, 0.3) is 0 Å². The van der Waals surface area contributed by atoms with Gasteiger partial charge in [-0.3, -0.25) is 10.0 Å². The topological polar surface area (TPSA) is 55.9 Å². The van der Waals surface area contributed by atoms with E-state index in [0.29, 0.717) is 21.4 Å². The molecule has 1 heterocycles. The van der Waals surface area contributed by atoms with Gasteiger partial charge in [-0.25, -0.2) is 0 Å². The van der Waals surface area contributed by atoms with Crippen molar-refractivity contribution in [1.29, 1.82) is 0 Å². The highest BCUT2D eigenvalue weighted by Crippen LogP contribution is 2.25. The van der Waals surface area contributed by atoms with Crippen molar-refractivity contribution >= 4 is 34.6 Å². The average molecular weight is 363 g/mol. The number of benzene rings is 2. The van der Waals surface area contributed by atoms with Crippen LogP contribution < -0.4 is 0 Å². The first-order chi connectivity index (χ1) is 11.7. The van der Waals surface area contributed by atoms with E-state index in [2.05, 4.69) is 20.7 Å². The van der Waals surface area contributed by atoms with Crippen LogP contribution in [0, 0.1) is 0 Å². The van der Waals surface area contributed by atoms with E-state index in [1.165, 1.54) is 0 Å². The second kappa shape index (κ2) is 8.08. The molecule has 0 radical (unpaired) electrons. The Balaban J connectivity index is 1.53. The van der Waals surface area contributed by atoms with Gasteiger partial charge in [-0.2, -0.15) is 0 Å². The van der Waals surface area contributed by atoms with Crippen molar-refractivity contribution in [3.63, 3.8) is 0 Å². The van der Waals surface area contributed by atoms with E-state index < -0.39 is 0 Å². The molecule has 1 fully saturated rings. The van der Waals surface area contributed by atoms with Crippen LogP contribution in [0.5, 0.6) is 0 Å². The Bertz CT molecular complexity index is 677. The highest BCUT2D eigenvalue weighted by molar-refractivity contribution is 6.33. The fourth-order valence-corrected chi connectivity index (χ4v) is 2.50. The molecule has 0 amide bonds. The lowest BCUT2D eigenvalue weighted by Crippen LogP contribution is -2.40. The zero-order chi connectivity index (χ0) is 16.8. The van der Waals surface area contributed by atoms with Crippen molar-refractivity contribution in [2.45, 2.75) is 0 Å². The van der Waals surface area contributed by atoms with Crippen LogP contribution >= 0.6 is 23.2 Å². The van der Waals surface area contributed by atoms with Gasteiger partial charge >= 0.3 is 0 Å². The van der Waals surface area contributed by atoms with Crippen molar-refractivity contribution in [2.24, 2.45) is 20.7 Å². The molecular weight excluding hydrogens is 347 g/mol. The Morgan fingerprint density at radius 3 is 1.38 bits per heavy atom. The smallest absolute Gasteiger partial charge is 0.106 e. The molecule has 0 atom stereocenters. The van der Waals surface area contributed by atoms with Crippen LogP contribution in [0.25, 0.3) is 0 Å². The minimum absolute atomic E-state index is 0.591. The second-order valence-corrected chi connectivity index (χ2v) is 6.00. The lowest BCUT2D eigenvalue weighted by atomic mass is 10.3. The molecule has 124 valence electrons. The summed E-state index contributed by atoms with van der Waals surface area (Å²) in [5.41, 5.74) is 1.33. The molecule has 1 saturated heterocycles. The summed E-state index contributed by atoms with van der Waals surface area (Å²) in [7, 11) is 0. The zero-order valence-electron chi connectivity index (χ0n) is 12.9. The predicted molar refractivity (Wildman–Crippen MR) is 95.1 cm³/mol. The average Bonchev–Trinajstić information content (AvgIpc) is 2.61. The molecule has 0 bridgehead atoms. The van der Waals surface area contributed by atoms with Gasteiger partial charge in [0, 0.05) is 0 Å². The van der Waals surface area contributed by atoms with Crippen LogP contribution in [0.4, 0.5) is 11.4 Å². The van der Waals surface area contributed by atoms with Crippen LogP contribution in [0.2, 0.25) is 10.0 Å². The first-order valence-corrected chi connectivity index (χ1v) is 8.30. The van der Waals surface area contributed by atoms with Crippen molar-refractivity contribution < 1.29 is 0 Å². The van der Waals surface area contributed by atoms with Crippen LogP contribution in [0.1, 0.15) is 0 Å². The lowest BCUT2D eigenvalue weighted by Gasteiger charge is -2.29. The van der Waals surface area contributed by atoms with Gasteiger partial charge in [0.15, 0.2) is 0 Å². The van der Waals surface area contributed by atoms with Gasteiger partial charge in [0.1, 0.15) is 11.4 Å². The van der Waals surface area contributed by atoms with E-state index in [4.69, 9.17) is 23.2 Å². The maximum Gasteiger partial charge on any atom is 0.106 e. The van der Waals surface area contributed by atoms with Gasteiger partial charge < -0.3 is 0 Å². The van der Waals surface area contributed by atoms with Crippen LogP contribution in [0.15, 0.2) is 69.2 Å². The zero-order valence-corrected chi connectivity index (χ0v) is 14.4. The number of nitrogens with zero attached hydrogens (tertiary/aromatic N) is 6. The third kappa shape index (κ3) is 4.43. The van der Waals surface area contributed by atoms with E-state index in [0.717, 1.165) is 26.2 Å². The number of hydrogen-bond acceptors (Lipinski definition) is 4. The van der Waals surface area contributed by atoms with Gasteiger partial charge in [0.2, 0.25) is 0 Å². The summed E-state index contributed by atoms with van der Waals surface area (Å²) >= 11 is 12.1. The highest BCUT2D eigenvalue weighted by Gasteiger charge is 2.14. The quantitative estimate of drug-likeness (QED) is 0.692. The summed E-state index contributed by atoms with van der Waals surface area (Å²) < 4.78 is 0. The molecule has 1 aliphatic rings. The molecule has 8 heteroatoms. The Morgan fingerprint density at radius 1 is 0.625 bits per heavy atom.